The van der Waals surface area contributed by atoms with E-state index in [1.807, 2.05) is 6.92 Å². The summed E-state index contributed by atoms with van der Waals surface area (Å²) in [5.41, 5.74) is -2.31. The lowest BCUT2D eigenvalue weighted by Crippen LogP contribution is -2.14. The van der Waals surface area contributed by atoms with Gasteiger partial charge in [-0.25, -0.2) is 8.78 Å². The van der Waals surface area contributed by atoms with Crippen LogP contribution in [0.4, 0.5) is 8.78 Å². The van der Waals surface area contributed by atoms with Crippen molar-refractivity contribution in [3.63, 3.8) is 0 Å². The summed E-state index contributed by atoms with van der Waals surface area (Å²) in [6.07, 6.45) is 1.63. The Morgan fingerprint density at radius 2 is 2.00 bits per heavy atom. The number of hydrogen-bond acceptors (Lipinski definition) is 0. The van der Waals surface area contributed by atoms with Gasteiger partial charge in [0.25, 0.3) is 0 Å². The summed E-state index contributed by atoms with van der Waals surface area (Å²) in [7, 11) is 0.00897. The fraction of sp³-hybridized carbons (Fsp3) is 1.00. The highest BCUT2D eigenvalue weighted by Crippen LogP contribution is 2.15. The van der Waals surface area contributed by atoms with Crippen LogP contribution in [0.2, 0.25) is 0 Å². The van der Waals surface area contributed by atoms with E-state index in [-0.39, 0.29) is 16.7 Å². The summed E-state index contributed by atoms with van der Waals surface area (Å²) in [6.45, 7) is 1.92. The monoisotopic (exact) mass is 138 g/mol. The minimum atomic E-state index is -2.31. The first-order valence-electron chi connectivity index (χ1n) is 2.94. The number of alkyl halides is 2. The normalized spacial score (nSPS) is 12.4. The molecule has 0 amide bonds. The lowest BCUT2D eigenvalue weighted by atomic mass is 10.3. The van der Waals surface area contributed by atoms with Gasteiger partial charge in [0.15, 0.2) is 0 Å². The molecule has 0 N–H and O–H groups in total. The van der Waals surface area contributed by atoms with Crippen LogP contribution in [-0.2, 0) is 0 Å². The lowest BCUT2D eigenvalue weighted by Gasteiger charge is -2.07. The maximum Gasteiger partial charge on any atom is 0.219 e. The minimum Gasteiger partial charge on any atom is -0.213 e. The second-order valence-corrected chi connectivity index (χ2v) is 3.64. The molecule has 0 aromatic carbocycles. The molecule has 0 fully saturated rings. The van der Waals surface area contributed by atoms with Crippen LogP contribution in [-0.4, -0.2) is 15.8 Å². The van der Waals surface area contributed by atoms with Gasteiger partial charge in [0, 0.05) is 6.42 Å². The first-order chi connectivity index (χ1) is 3.56. The fourth-order valence-corrected chi connectivity index (χ4v) is 0.841. The summed E-state index contributed by atoms with van der Waals surface area (Å²) < 4.78 is 23.9. The summed E-state index contributed by atoms with van der Waals surface area (Å²) in [6, 6.07) is 0. The van der Waals surface area contributed by atoms with Crippen LogP contribution < -0.4 is 0 Å². The van der Waals surface area contributed by atoms with Crippen molar-refractivity contribution < 1.29 is 8.78 Å². The van der Waals surface area contributed by atoms with Gasteiger partial charge in [-0.3, -0.25) is 0 Å². The summed E-state index contributed by atoms with van der Waals surface area (Å²) in [5.74, 6) is 0. The van der Waals surface area contributed by atoms with Gasteiger partial charge < -0.3 is 0 Å². The van der Waals surface area contributed by atoms with Gasteiger partial charge in [0.2, 0.25) is 5.55 Å². The predicted molar refractivity (Wildman–Crippen MR) is 34.4 cm³/mol. The average molecular weight is 138 g/mol. The maximum absolute atomic E-state index is 12.0. The smallest absolute Gasteiger partial charge is 0.213 e. The van der Waals surface area contributed by atoms with Crippen molar-refractivity contribution in [1.82, 2.24) is 0 Å². The molecule has 0 nitrogen and oxygen atoms in total. The second-order valence-electron chi connectivity index (χ2n) is 2.17. The summed E-state index contributed by atoms with van der Waals surface area (Å²) in [4.78, 5) is 0. The van der Waals surface area contributed by atoms with E-state index in [2.05, 4.69) is 0 Å². The zero-order valence-corrected chi connectivity index (χ0v) is 7.38. The molecule has 0 bridgehead atoms. The number of halogens is 2. The van der Waals surface area contributed by atoms with E-state index in [0.717, 1.165) is 6.42 Å². The van der Waals surface area contributed by atoms with Crippen molar-refractivity contribution in [3.05, 3.63) is 0 Å². The van der Waals surface area contributed by atoms with Crippen molar-refractivity contribution in [1.29, 1.82) is 0 Å². The molecule has 0 aromatic heterocycles. The summed E-state index contributed by atoms with van der Waals surface area (Å²) in [5, 5.41) is 0. The van der Waals surface area contributed by atoms with Gasteiger partial charge in [-0.2, -0.15) is 0 Å². The Balaban J connectivity index is 3.11. The minimum absolute atomic E-state index is 0.00897. The molecule has 0 saturated carbocycles. The van der Waals surface area contributed by atoms with Gasteiger partial charge in [0.05, 0.1) is 10.2 Å². The van der Waals surface area contributed by atoms with Crippen LogP contribution >= 0.6 is 0 Å². The van der Waals surface area contributed by atoms with Gasteiger partial charge in [-0.1, -0.05) is 13.3 Å². The van der Waals surface area contributed by atoms with E-state index in [0.29, 0.717) is 6.42 Å². The molecule has 0 rings (SSSR count). The Bertz CT molecular complexity index is 57.9. The lowest BCUT2D eigenvalue weighted by molar-refractivity contribution is 0.0826. The van der Waals surface area contributed by atoms with Crippen LogP contribution in [0.5, 0.6) is 0 Å². The first-order valence-corrected chi connectivity index (χ1v) is 3.94. The SMILES string of the molecule is CCCCC(F)(F)[SiH3]. The molecule has 0 spiro atoms. The molecule has 0 heterocycles. The Morgan fingerprint density at radius 1 is 1.50 bits per heavy atom. The van der Waals surface area contributed by atoms with E-state index >= 15 is 0 Å². The van der Waals surface area contributed by atoms with Crippen molar-refractivity contribution in [2.75, 3.05) is 0 Å². The van der Waals surface area contributed by atoms with Crippen LogP contribution in [0, 0.1) is 0 Å². The Kier molecular flexibility index (Phi) is 3.20. The van der Waals surface area contributed by atoms with Crippen molar-refractivity contribution >= 4 is 10.2 Å². The molecular weight excluding hydrogens is 126 g/mol. The van der Waals surface area contributed by atoms with E-state index in [1.54, 1.807) is 0 Å². The molecule has 50 valence electrons. The molecule has 3 heteroatoms. The Labute approximate surface area is 51.7 Å². The molecule has 0 aliphatic heterocycles. The largest absolute Gasteiger partial charge is 0.219 e. The molecule has 8 heavy (non-hydrogen) atoms. The molecule has 0 atom stereocenters. The van der Waals surface area contributed by atoms with Crippen LogP contribution in [0.25, 0.3) is 0 Å². The third kappa shape index (κ3) is 6.08. The van der Waals surface area contributed by atoms with E-state index < -0.39 is 5.55 Å². The topological polar surface area (TPSA) is 0 Å². The summed E-state index contributed by atoms with van der Waals surface area (Å²) >= 11 is 0. The van der Waals surface area contributed by atoms with Gasteiger partial charge >= 0.3 is 0 Å². The molecule has 0 radical (unpaired) electrons. The number of hydrogen-bond donors (Lipinski definition) is 0. The van der Waals surface area contributed by atoms with Crippen LogP contribution in [0.1, 0.15) is 26.2 Å². The highest BCUT2D eigenvalue weighted by atomic mass is 28.1. The third-order valence-electron chi connectivity index (χ3n) is 0.969. The van der Waals surface area contributed by atoms with E-state index in [9.17, 15) is 8.78 Å². The van der Waals surface area contributed by atoms with E-state index in [4.69, 9.17) is 0 Å². The molecular formula is C5H12F2Si. The molecule has 0 aliphatic rings. The molecule has 0 saturated heterocycles. The maximum atomic E-state index is 12.0. The van der Waals surface area contributed by atoms with Crippen molar-refractivity contribution in [2.45, 2.75) is 31.7 Å². The van der Waals surface area contributed by atoms with Crippen molar-refractivity contribution in [3.8, 4) is 0 Å². The Hall–Kier alpha value is 0.0769. The highest BCUT2D eigenvalue weighted by molar-refractivity contribution is 6.13. The standard InChI is InChI=1S/C5H12F2Si/c1-2-3-4-5(6,7)8/h2-4H2,1,8H3. The second kappa shape index (κ2) is 3.17. The van der Waals surface area contributed by atoms with Crippen molar-refractivity contribution in [2.24, 2.45) is 0 Å². The Morgan fingerprint density at radius 3 is 2.12 bits per heavy atom. The predicted octanol–water partition coefficient (Wildman–Crippen LogP) is 1.13. The van der Waals surface area contributed by atoms with Gasteiger partial charge in [-0.15, -0.1) is 0 Å². The van der Waals surface area contributed by atoms with E-state index in [1.165, 1.54) is 0 Å². The zero-order chi connectivity index (χ0) is 6.62. The fourth-order valence-electron chi connectivity index (χ4n) is 0.487. The van der Waals surface area contributed by atoms with Crippen LogP contribution in [0.3, 0.4) is 0 Å². The highest BCUT2D eigenvalue weighted by Gasteiger charge is 2.18. The van der Waals surface area contributed by atoms with Crippen LogP contribution in [0.15, 0.2) is 0 Å². The molecule has 0 aliphatic carbocycles. The zero-order valence-electron chi connectivity index (χ0n) is 5.38. The van der Waals surface area contributed by atoms with Gasteiger partial charge in [-0.05, 0) is 6.42 Å². The quantitative estimate of drug-likeness (QED) is 0.513. The molecule has 0 aromatic rings. The number of unbranched alkanes of at least 4 members (excludes halogenated alkanes) is 1. The third-order valence-corrected chi connectivity index (χ3v) is 1.47. The average Bonchev–Trinajstić information content (AvgIpc) is 1.59. The molecule has 0 unspecified atom stereocenters. The van der Waals surface area contributed by atoms with Gasteiger partial charge in [0.1, 0.15) is 0 Å². The number of rotatable bonds is 3. The first kappa shape index (κ1) is 8.08.